The monoisotopic (exact) mass is 437 g/mol. The fraction of sp³-hybridized carbons (Fsp3) is 0.440. The Morgan fingerprint density at radius 2 is 2.03 bits per heavy atom. The zero-order valence-electron chi connectivity index (χ0n) is 17.7. The number of nitrogens with zero attached hydrogens (tertiary/aromatic N) is 1. The molecule has 0 bridgehead atoms. The van der Waals surface area contributed by atoms with Crippen LogP contribution >= 0.6 is 11.6 Å². The zero-order valence-corrected chi connectivity index (χ0v) is 18.5. The van der Waals surface area contributed by atoms with Crippen molar-refractivity contribution >= 4 is 23.4 Å². The van der Waals surface area contributed by atoms with Gasteiger partial charge in [0.1, 0.15) is 0 Å². The molecule has 6 heteroatoms. The lowest BCUT2D eigenvalue weighted by Crippen LogP contribution is -2.58. The van der Waals surface area contributed by atoms with Gasteiger partial charge in [0.25, 0.3) is 5.91 Å². The third-order valence-electron chi connectivity index (χ3n) is 7.17. The molecule has 31 heavy (non-hydrogen) atoms. The van der Waals surface area contributed by atoms with Gasteiger partial charge in [0.2, 0.25) is 5.91 Å². The molecule has 2 fully saturated rings. The van der Waals surface area contributed by atoms with E-state index in [2.05, 4.69) is 10.6 Å². The highest BCUT2D eigenvalue weighted by Crippen LogP contribution is 2.44. The number of amides is 2. The molecule has 2 amide bonds. The molecule has 2 saturated heterocycles. The fourth-order valence-corrected chi connectivity index (χ4v) is 5.83. The minimum absolute atomic E-state index is 0.0566. The molecule has 162 valence electrons. The molecule has 3 aliphatic heterocycles. The van der Waals surface area contributed by atoms with Crippen LogP contribution in [0.15, 0.2) is 42.5 Å². The highest BCUT2D eigenvalue weighted by Gasteiger charge is 2.46. The first kappa shape index (κ1) is 20.5. The number of rotatable bonds is 3. The number of carbonyl (C=O) groups excluding carboxylic acids is 2. The molecule has 0 unspecified atom stereocenters. The molecule has 4 atom stereocenters. The number of fused-ring (bicyclic) bond motifs is 4. The molecular formula is C25H28ClN3O2. The lowest BCUT2D eigenvalue weighted by molar-refractivity contribution is -0.145. The van der Waals surface area contributed by atoms with E-state index in [-0.39, 0.29) is 35.9 Å². The SMILES string of the molecule is C[C@@H](NC(=O)c1ccc(Cl)c2c1[C@H]1C[C@H]3NCCC[C@H]3C(=O)N1CC2)c1ccccc1. The summed E-state index contributed by atoms with van der Waals surface area (Å²) in [6, 6.07) is 13.5. The molecular weight excluding hydrogens is 410 g/mol. The van der Waals surface area contributed by atoms with Crippen LogP contribution in [0.2, 0.25) is 5.02 Å². The van der Waals surface area contributed by atoms with Crippen molar-refractivity contribution in [1.29, 1.82) is 0 Å². The summed E-state index contributed by atoms with van der Waals surface area (Å²) in [6.07, 6.45) is 3.51. The summed E-state index contributed by atoms with van der Waals surface area (Å²) in [7, 11) is 0. The topological polar surface area (TPSA) is 61.4 Å². The van der Waals surface area contributed by atoms with E-state index in [0.29, 0.717) is 23.6 Å². The Hall–Kier alpha value is -2.37. The summed E-state index contributed by atoms with van der Waals surface area (Å²) in [5.74, 6) is 0.168. The summed E-state index contributed by atoms with van der Waals surface area (Å²) in [5, 5.41) is 7.38. The molecule has 2 aromatic carbocycles. The van der Waals surface area contributed by atoms with Crippen molar-refractivity contribution in [2.75, 3.05) is 13.1 Å². The third kappa shape index (κ3) is 3.64. The van der Waals surface area contributed by atoms with Crippen molar-refractivity contribution in [3.05, 3.63) is 69.7 Å². The standard InChI is InChI=1S/C25H28ClN3O2/c1-15(16-6-3-2-4-7-16)28-24(30)19-9-10-20(26)17-11-13-29-22(23(17)19)14-21-18(25(29)31)8-5-12-27-21/h2-4,6-7,9-10,15,18,21-22,27H,5,8,11-14H2,1H3,(H,28,30)/t15-,18-,21-,22-/m1/s1. The van der Waals surface area contributed by atoms with Crippen LogP contribution in [0.25, 0.3) is 0 Å². The van der Waals surface area contributed by atoms with Gasteiger partial charge < -0.3 is 15.5 Å². The first-order chi connectivity index (χ1) is 15.0. The molecule has 5 rings (SSSR count). The predicted octanol–water partition coefficient (Wildman–Crippen LogP) is 4.03. The summed E-state index contributed by atoms with van der Waals surface area (Å²) in [4.78, 5) is 28.7. The van der Waals surface area contributed by atoms with Crippen LogP contribution in [-0.2, 0) is 11.2 Å². The predicted molar refractivity (Wildman–Crippen MR) is 121 cm³/mol. The highest BCUT2D eigenvalue weighted by atomic mass is 35.5. The number of hydrogen-bond donors (Lipinski definition) is 2. The average Bonchev–Trinajstić information content (AvgIpc) is 2.80. The Morgan fingerprint density at radius 3 is 2.84 bits per heavy atom. The normalized spacial score (nSPS) is 25.8. The van der Waals surface area contributed by atoms with Crippen LogP contribution in [0.5, 0.6) is 0 Å². The maximum atomic E-state index is 13.4. The van der Waals surface area contributed by atoms with Crippen molar-refractivity contribution in [1.82, 2.24) is 15.5 Å². The molecule has 0 aromatic heterocycles. The number of hydrogen-bond acceptors (Lipinski definition) is 3. The van der Waals surface area contributed by atoms with Crippen molar-refractivity contribution < 1.29 is 9.59 Å². The largest absolute Gasteiger partial charge is 0.346 e. The van der Waals surface area contributed by atoms with Crippen molar-refractivity contribution in [3.63, 3.8) is 0 Å². The number of carbonyl (C=O) groups is 2. The van der Waals surface area contributed by atoms with E-state index in [1.165, 1.54) is 0 Å². The summed E-state index contributed by atoms with van der Waals surface area (Å²) < 4.78 is 0. The summed E-state index contributed by atoms with van der Waals surface area (Å²) in [6.45, 7) is 3.61. The van der Waals surface area contributed by atoms with Crippen LogP contribution in [0.1, 0.15) is 65.3 Å². The molecule has 0 radical (unpaired) electrons. The second-order valence-electron chi connectivity index (χ2n) is 8.94. The minimum atomic E-state index is -0.114. The van der Waals surface area contributed by atoms with Crippen LogP contribution in [0.4, 0.5) is 0 Å². The molecule has 5 nitrogen and oxygen atoms in total. The van der Waals surface area contributed by atoms with Crippen LogP contribution in [0, 0.1) is 5.92 Å². The second-order valence-corrected chi connectivity index (χ2v) is 9.34. The van der Waals surface area contributed by atoms with Crippen LogP contribution in [-0.4, -0.2) is 35.8 Å². The van der Waals surface area contributed by atoms with Gasteiger partial charge in [-0.2, -0.15) is 0 Å². The Kier molecular flexibility index (Phi) is 5.49. The number of halogens is 1. The van der Waals surface area contributed by atoms with E-state index >= 15 is 0 Å². The minimum Gasteiger partial charge on any atom is -0.346 e. The van der Waals surface area contributed by atoms with Crippen molar-refractivity contribution in [3.8, 4) is 0 Å². The molecule has 3 aliphatic rings. The van der Waals surface area contributed by atoms with E-state index in [0.717, 1.165) is 42.5 Å². The maximum absolute atomic E-state index is 13.4. The van der Waals surface area contributed by atoms with E-state index < -0.39 is 0 Å². The van der Waals surface area contributed by atoms with Gasteiger partial charge in [-0.05, 0) is 68.0 Å². The molecule has 2 N–H and O–H groups in total. The second kappa shape index (κ2) is 8.29. The van der Waals surface area contributed by atoms with Crippen molar-refractivity contribution in [2.24, 2.45) is 5.92 Å². The van der Waals surface area contributed by atoms with Gasteiger partial charge in [-0.15, -0.1) is 0 Å². The van der Waals surface area contributed by atoms with Gasteiger partial charge in [0.05, 0.1) is 18.0 Å². The molecule has 0 aliphatic carbocycles. The smallest absolute Gasteiger partial charge is 0.252 e. The summed E-state index contributed by atoms with van der Waals surface area (Å²) in [5.41, 5.74) is 3.65. The van der Waals surface area contributed by atoms with Crippen LogP contribution < -0.4 is 10.6 Å². The lowest BCUT2D eigenvalue weighted by Gasteiger charge is -2.49. The van der Waals surface area contributed by atoms with E-state index in [9.17, 15) is 9.59 Å². The Balaban J connectivity index is 1.49. The van der Waals surface area contributed by atoms with E-state index in [4.69, 9.17) is 11.6 Å². The van der Waals surface area contributed by atoms with E-state index in [1.54, 1.807) is 0 Å². The lowest BCUT2D eigenvalue weighted by atomic mass is 9.76. The van der Waals surface area contributed by atoms with Gasteiger partial charge in [-0.1, -0.05) is 41.9 Å². The first-order valence-corrected chi connectivity index (χ1v) is 11.6. The highest BCUT2D eigenvalue weighted by molar-refractivity contribution is 6.31. The van der Waals surface area contributed by atoms with Crippen LogP contribution in [0.3, 0.4) is 0 Å². The number of benzene rings is 2. The zero-order chi connectivity index (χ0) is 21.5. The first-order valence-electron chi connectivity index (χ1n) is 11.3. The van der Waals surface area contributed by atoms with Gasteiger partial charge in [-0.3, -0.25) is 9.59 Å². The van der Waals surface area contributed by atoms with Gasteiger partial charge in [-0.25, -0.2) is 0 Å². The summed E-state index contributed by atoms with van der Waals surface area (Å²) >= 11 is 6.57. The van der Waals surface area contributed by atoms with Gasteiger partial charge in [0.15, 0.2) is 0 Å². The van der Waals surface area contributed by atoms with E-state index in [1.807, 2.05) is 54.3 Å². The third-order valence-corrected chi connectivity index (χ3v) is 7.52. The Bertz CT molecular complexity index is 1010. The quantitative estimate of drug-likeness (QED) is 0.762. The fourth-order valence-electron chi connectivity index (χ4n) is 5.57. The van der Waals surface area contributed by atoms with Gasteiger partial charge >= 0.3 is 0 Å². The average molecular weight is 438 g/mol. The maximum Gasteiger partial charge on any atom is 0.252 e. The number of nitrogens with one attached hydrogen (secondary N) is 2. The number of piperidine rings is 2. The molecule has 0 saturated carbocycles. The van der Waals surface area contributed by atoms with Crippen molar-refractivity contribution in [2.45, 2.75) is 50.7 Å². The Labute approximate surface area is 188 Å². The molecule has 3 heterocycles. The molecule has 2 aromatic rings. The van der Waals surface area contributed by atoms with Gasteiger partial charge in [0, 0.05) is 23.2 Å². The molecule has 0 spiro atoms. The Morgan fingerprint density at radius 1 is 1.23 bits per heavy atom.